The lowest BCUT2D eigenvalue weighted by molar-refractivity contribution is -0.123. The molecule has 0 aromatic heterocycles. The van der Waals surface area contributed by atoms with Gasteiger partial charge >= 0.3 is 6.03 Å². The van der Waals surface area contributed by atoms with Crippen molar-refractivity contribution in [1.82, 2.24) is 15.5 Å². The normalized spacial score (nSPS) is 17.8. The molecule has 1 rings (SSSR count). The second-order valence-corrected chi connectivity index (χ2v) is 4.43. The fourth-order valence-corrected chi connectivity index (χ4v) is 1.52. The minimum atomic E-state index is -0.521. The molecule has 0 saturated carbocycles. The highest BCUT2D eigenvalue weighted by Crippen LogP contribution is 1.98. The number of hydrogen-bond donors (Lipinski definition) is 2. The van der Waals surface area contributed by atoms with Crippen LogP contribution in [0.1, 0.15) is 20.8 Å². The van der Waals surface area contributed by atoms with Gasteiger partial charge in [-0.3, -0.25) is 4.79 Å². The first-order valence-corrected chi connectivity index (χ1v) is 5.94. The molecule has 6 heteroatoms. The van der Waals surface area contributed by atoms with E-state index in [1.165, 1.54) is 0 Å². The Balaban J connectivity index is 2.36. The largest absolute Gasteiger partial charge is 0.378 e. The van der Waals surface area contributed by atoms with Gasteiger partial charge in [-0.25, -0.2) is 4.79 Å². The van der Waals surface area contributed by atoms with Crippen molar-refractivity contribution < 1.29 is 14.3 Å². The first kappa shape index (κ1) is 13.8. The molecule has 0 aromatic rings. The second kappa shape index (κ2) is 6.44. The van der Waals surface area contributed by atoms with E-state index in [9.17, 15) is 9.59 Å². The average Bonchev–Trinajstić information content (AvgIpc) is 2.29. The Labute approximate surface area is 102 Å². The zero-order valence-corrected chi connectivity index (χ0v) is 10.7. The molecule has 1 saturated heterocycles. The van der Waals surface area contributed by atoms with Crippen molar-refractivity contribution in [1.29, 1.82) is 0 Å². The summed E-state index contributed by atoms with van der Waals surface area (Å²) < 4.78 is 5.15. The molecule has 0 bridgehead atoms. The van der Waals surface area contributed by atoms with E-state index in [0.717, 1.165) is 0 Å². The Bertz CT molecular complexity index is 275. The quantitative estimate of drug-likeness (QED) is 0.729. The highest BCUT2D eigenvalue weighted by atomic mass is 16.5. The molecule has 98 valence electrons. The van der Waals surface area contributed by atoms with Crippen molar-refractivity contribution in [3.63, 3.8) is 0 Å². The van der Waals surface area contributed by atoms with Crippen molar-refractivity contribution in [2.45, 2.75) is 32.9 Å². The topological polar surface area (TPSA) is 70.7 Å². The molecular formula is C11H21N3O3. The fraction of sp³-hybridized carbons (Fsp3) is 0.818. The molecule has 1 aliphatic heterocycles. The van der Waals surface area contributed by atoms with E-state index in [1.54, 1.807) is 11.8 Å². The van der Waals surface area contributed by atoms with E-state index in [0.29, 0.717) is 26.3 Å². The molecule has 1 fully saturated rings. The molecular weight excluding hydrogens is 222 g/mol. The predicted octanol–water partition coefficient (Wildman–Crippen LogP) is -0.0587. The van der Waals surface area contributed by atoms with Gasteiger partial charge < -0.3 is 20.3 Å². The van der Waals surface area contributed by atoms with Crippen LogP contribution in [0.2, 0.25) is 0 Å². The molecule has 2 N–H and O–H groups in total. The summed E-state index contributed by atoms with van der Waals surface area (Å²) in [6.45, 7) is 7.70. The minimum Gasteiger partial charge on any atom is -0.378 e. The van der Waals surface area contributed by atoms with Crippen molar-refractivity contribution in [3.05, 3.63) is 0 Å². The van der Waals surface area contributed by atoms with Crippen molar-refractivity contribution in [2.75, 3.05) is 26.3 Å². The number of urea groups is 1. The Kier molecular flexibility index (Phi) is 5.21. The van der Waals surface area contributed by atoms with Crippen LogP contribution < -0.4 is 10.6 Å². The zero-order chi connectivity index (χ0) is 12.8. The molecule has 1 unspecified atom stereocenters. The van der Waals surface area contributed by atoms with Crippen molar-refractivity contribution in [2.24, 2.45) is 0 Å². The fourth-order valence-electron chi connectivity index (χ4n) is 1.52. The van der Waals surface area contributed by atoms with Gasteiger partial charge in [0.1, 0.15) is 6.04 Å². The maximum Gasteiger partial charge on any atom is 0.318 e. The van der Waals surface area contributed by atoms with Crippen molar-refractivity contribution in [3.8, 4) is 0 Å². The number of rotatable bonds is 3. The van der Waals surface area contributed by atoms with E-state index in [1.807, 2.05) is 13.8 Å². The van der Waals surface area contributed by atoms with Crippen LogP contribution in [0.5, 0.6) is 0 Å². The monoisotopic (exact) mass is 243 g/mol. The van der Waals surface area contributed by atoms with Gasteiger partial charge in [0.15, 0.2) is 0 Å². The Morgan fingerprint density at radius 2 is 1.71 bits per heavy atom. The third kappa shape index (κ3) is 4.60. The van der Waals surface area contributed by atoms with Crippen LogP contribution in [0.25, 0.3) is 0 Å². The SMILES string of the molecule is CC(C)NC(=O)C(C)NC(=O)N1CCOCC1. The summed E-state index contributed by atoms with van der Waals surface area (Å²) in [6, 6.07) is -0.655. The van der Waals surface area contributed by atoms with Gasteiger partial charge in [-0.2, -0.15) is 0 Å². The number of amides is 3. The van der Waals surface area contributed by atoms with E-state index in [2.05, 4.69) is 10.6 Å². The van der Waals surface area contributed by atoms with Gasteiger partial charge in [0, 0.05) is 19.1 Å². The van der Waals surface area contributed by atoms with E-state index < -0.39 is 6.04 Å². The van der Waals surface area contributed by atoms with Gasteiger partial charge in [0.2, 0.25) is 5.91 Å². The number of nitrogens with one attached hydrogen (secondary N) is 2. The standard InChI is InChI=1S/C11H21N3O3/c1-8(2)12-10(15)9(3)13-11(16)14-4-6-17-7-5-14/h8-9H,4-7H2,1-3H3,(H,12,15)(H,13,16). The van der Waals surface area contributed by atoms with Gasteiger partial charge in [-0.1, -0.05) is 0 Å². The molecule has 1 heterocycles. The number of carbonyl (C=O) groups is 2. The lowest BCUT2D eigenvalue weighted by atomic mass is 10.3. The summed E-state index contributed by atoms with van der Waals surface area (Å²) >= 11 is 0. The Hall–Kier alpha value is -1.30. The summed E-state index contributed by atoms with van der Waals surface area (Å²) in [4.78, 5) is 25.0. The molecule has 1 aliphatic rings. The summed E-state index contributed by atoms with van der Waals surface area (Å²) in [5.41, 5.74) is 0. The lowest BCUT2D eigenvalue weighted by Crippen LogP contribution is -2.53. The van der Waals surface area contributed by atoms with Gasteiger partial charge in [0.05, 0.1) is 13.2 Å². The maximum absolute atomic E-state index is 11.8. The van der Waals surface area contributed by atoms with Gasteiger partial charge in [-0.05, 0) is 20.8 Å². The lowest BCUT2D eigenvalue weighted by Gasteiger charge is -2.28. The maximum atomic E-state index is 11.8. The molecule has 17 heavy (non-hydrogen) atoms. The molecule has 0 aromatic carbocycles. The third-order valence-electron chi connectivity index (χ3n) is 2.46. The van der Waals surface area contributed by atoms with Crippen LogP contribution in [0.3, 0.4) is 0 Å². The van der Waals surface area contributed by atoms with Crippen LogP contribution in [-0.4, -0.2) is 55.2 Å². The summed E-state index contributed by atoms with van der Waals surface area (Å²) in [6.07, 6.45) is 0. The third-order valence-corrected chi connectivity index (χ3v) is 2.46. The highest BCUT2D eigenvalue weighted by molar-refractivity contribution is 5.86. The van der Waals surface area contributed by atoms with Gasteiger partial charge in [0.25, 0.3) is 0 Å². The minimum absolute atomic E-state index is 0.0743. The van der Waals surface area contributed by atoms with Crippen LogP contribution in [0.15, 0.2) is 0 Å². The van der Waals surface area contributed by atoms with Crippen LogP contribution in [0.4, 0.5) is 4.79 Å². The second-order valence-electron chi connectivity index (χ2n) is 4.43. The van der Waals surface area contributed by atoms with E-state index >= 15 is 0 Å². The summed E-state index contributed by atoms with van der Waals surface area (Å²) in [7, 11) is 0. The van der Waals surface area contributed by atoms with E-state index in [4.69, 9.17) is 4.74 Å². The number of ether oxygens (including phenoxy) is 1. The summed E-state index contributed by atoms with van der Waals surface area (Å²) in [5.74, 6) is -0.165. The number of morpholine rings is 1. The van der Waals surface area contributed by atoms with Crippen LogP contribution in [0, 0.1) is 0 Å². The molecule has 1 atom stereocenters. The Morgan fingerprint density at radius 1 is 1.12 bits per heavy atom. The predicted molar refractivity (Wildman–Crippen MR) is 63.7 cm³/mol. The average molecular weight is 243 g/mol. The van der Waals surface area contributed by atoms with Crippen LogP contribution in [-0.2, 0) is 9.53 Å². The van der Waals surface area contributed by atoms with Gasteiger partial charge in [-0.15, -0.1) is 0 Å². The number of hydrogen-bond acceptors (Lipinski definition) is 3. The number of carbonyl (C=O) groups excluding carboxylic acids is 2. The molecule has 0 spiro atoms. The first-order valence-electron chi connectivity index (χ1n) is 5.94. The smallest absolute Gasteiger partial charge is 0.318 e. The first-order chi connectivity index (χ1) is 8.00. The highest BCUT2D eigenvalue weighted by Gasteiger charge is 2.21. The van der Waals surface area contributed by atoms with Crippen LogP contribution >= 0.6 is 0 Å². The molecule has 0 radical (unpaired) electrons. The van der Waals surface area contributed by atoms with E-state index in [-0.39, 0.29) is 18.0 Å². The number of nitrogens with zero attached hydrogens (tertiary/aromatic N) is 1. The Morgan fingerprint density at radius 3 is 2.24 bits per heavy atom. The molecule has 0 aliphatic carbocycles. The molecule has 6 nitrogen and oxygen atoms in total. The van der Waals surface area contributed by atoms with Crippen molar-refractivity contribution >= 4 is 11.9 Å². The molecule has 3 amide bonds. The zero-order valence-electron chi connectivity index (χ0n) is 10.7. The summed E-state index contributed by atoms with van der Waals surface area (Å²) in [5, 5.41) is 5.43.